The average molecular weight is 361 g/mol. The van der Waals surface area contributed by atoms with Crippen LogP contribution in [0.15, 0.2) is 60.7 Å². The Labute approximate surface area is 156 Å². The molecule has 0 saturated carbocycles. The molecule has 0 spiro atoms. The largest absolute Gasteiger partial charge is 0.339 e. The number of para-hydroxylation sites is 1. The summed E-state index contributed by atoms with van der Waals surface area (Å²) in [5.41, 5.74) is 3.34. The van der Waals surface area contributed by atoms with E-state index >= 15 is 0 Å². The van der Waals surface area contributed by atoms with Crippen molar-refractivity contribution >= 4 is 34.7 Å². The van der Waals surface area contributed by atoms with Crippen LogP contribution < -0.4 is 16.0 Å². The highest BCUT2D eigenvalue weighted by Crippen LogP contribution is 2.19. The SMILES string of the molecule is CC(=O)Nc1cccc(Nc2ccc(C(=O)Nc3ccccc3C)nn2)c1. The molecule has 0 unspecified atom stereocenters. The summed E-state index contributed by atoms with van der Waals surface area (Å²) in [7, 11) is 0. The van der Waals surface area contributed by atoms with Crippen molar-refractivity contribution in [2.45, 2.75) is 13.8 Å². The molecule has 0 atom stereocenters. The molecule has 27 heavy (non-hydrogen) atoms. The third kappa shape index (κ3) is 4.88. The monoisotopic (exact) mass is 361 g/mol. The number of amides is 2. The van der Waals surface area contributed by atoms with Crippen molar-refractivity contribution in [2.75, 3.05) is 16.0 Å². The van der Waals surface area contributed by atoms with Crippen LogP contribution in [0.25, 0.3) is 0 Å². The topological polar surface area (TPSA) is 96.0 Å². The maximum absolute atomic E-state index is 12.3. The van der Waals surface area contributed by atoms with E-state index < -0.39 is 0 Å². The smallest absolute Gasteiger partial charge is 0.276 e. The predicted octanol–water partition coefficient (Wildman–Crippen LogP) is 3.74. The molecule has 3 rings (SSSR count). The van der Waals surface area contributed by atoms with Crippen molar-refractivity contribution in [1.82, 2.24) is 10.2 Å². The van der Waals surface area contributed by atoms with Gasteiger partial charge in [0.15, 0.2) is 11.5 Å². The summed E-state index contributed by atoms with van der Waals surface area (Å²) in [6, 6.07) is 18.0. The van der Waals surface area contributed by atoms with Gasteiger partial charge in [0.1, 0.15) is 0 Å². The van der Waals surface area contributed by atoms with Gasteiger partial charge in [-0.2, -0.15) is 0 Å². The minimum absolute atomic E-state index is 0.143. The standard InChI is InChI=1S/C20H19N5O2/c1-13-6-3-4-9-17(13)23-20(27)18-10-11-19(25-24-18)22-16-8-5-7-15(12-16)21-14(2)26/h3-12H,1-2H3,(H,21,26)(H,22,25)(H,23,27). The molecule has 0 aliphatic carbocycles. The molecule has 136 valence electrons. The van der Waals surface area contributed by atoms with Gasteiger partial charge < -0.3 is 16.0 Å². The van der Waals surface area contributed by atoms with Crippen molar-refractivity contribution in [2.24, 2.45) is 0 Å². The van der Waals surface area contributed by atoms with Gasteiger partial charge in [0, 0.05) is 24.0 Å². The molecule has 3 aromatic rings. The van der Waals surface area contributed by atoms with Crippen LogP contribution >= 0.6 is 0 Å². The lowest BCUT2D eigenvalue weighted by Gasteiger charge is -2.09. The lowest BCUT2D eigenvalue weighted by Crippen LogP contribution is -2.15. The second-order valence-corrected chi connectivity index (χ2v) is 5.96. The van der Waals surface area contributed by atoms with E-state index in [0.29, 0.717) is 11.5 Å². The lowest BCUT2D eigenvalue weighted by molar-refractivity contribution is -0.114. The fourth-order valence-electron chi connectivity index (χ4n) is 2.45. The van der Waals surface area contributed by atoms with E-state index in [-0.39, 0.29) is 17.5 Å². The maximum atomic E-state index is 12.3. The maximum Gasteiger partial charge on any atom is 0.276 e. The number of nitrogens with zero attached hydrogens (tertiary/aromatic N) is 2. The van der Waals surface area contributed by atoms with Gasteiger partial charge >= 0.3 is 0 Å². The number of anilines is 4. The van der Waals surface area contributed by atoms with Crippen LogP contribution in [0.2, 0.25) is 0 Å². The molecule has 1 heterocycles. The quantitative estimate of drug-likeness (QED) is 0.643. The molecule has 3 N–H and O–H groups in total. The van der Waals surface area contributed by atoms with Crippen LogP contribution in [0.5, 0.6) is 0 Å². The Hall–Kier alpha value is -3.74. The second kappa shape index (κ2) is 8.09. The van der Waals surface area contributed by atoms with Crippen molar-refractivity contribution in [3.63, 3.8) is 0 Å². The third-order valence-electron chi connectivity index (χ3n) is 3.75. The fourth-order valence-corrected chi connectivity index (χ4v) is 2.45. The first-order chi connectivity index (χ1) is 13.0. The summed E-state index contributed by atoms with van der Waals surface area (Å²) in [5.74, 6) is 0.0226. The molecule has 0 fully saturated rings. The van der Waals surface area contributed by atoms with Crippen molar-refractivity contribution in [3.8, 4) is 0 Å². The number of hydrogen-bond acceptors (Lipinski definition) is 5. The number of rotatable bonds is 5. The van der Waals surface area contributed by atoms with E-state index in [1.54, 1.807) is 24.3 Å². The molecule has 0 saturated heterocycles. The van der Waals surface area contributed by atoms with Gasteiger partial charge in [-0.15, -0.1) is 10.2 Å². The summed E-state index contributed by atoms with van der Waals surface area (Å²) >= 11 is 0. The van der Waals surface area contributed by atoms with Crippen molar-refractivity contribution in [1.29, 1.82) is 0 Å². The zero-order valence-electron chi connectivity index (χ0n) is 15.0. The van der Waals surface area contributed by atoms with Crippen molar-refractivity contribution in [3.05, 3.63) is 71.9 Å². The zero-order chi connectivity index (χ0) is 19.2. The summed E-state index contributed by atoms with van der Waals surface area (Å²) in [6.45, 7) is 3.37. The Bertz CT molecular complexity index is 970. The predicted molar refractivity (Wildman–Crippen MR) is 105 cm³/mol. The number of aryl methyl sites for hydroxylation is 1. The van der Waals surface area contributed by atoms with Gasteiger partial charge in [0.2, 0.25) is 5.91 Å². The van der Waals surface area contributed by atoms with E-state index in [2.05, 4.69) is 26.1 Å². The van der Waals surface area contributed by atoms with Gasteiger partial charge in [-0.3, -0.25) is 9.59 Å². The second-order valence-electron chi connectivity index (χ2n) is 5.96. The number of hydrogen-bond donors (Lipinski definition) is 3. The minimum atomic E-state index is -0.323. The van der Waals surface area contributed by atoms with Gasteiger partial charge in [0.25, 0.3) is 5.91 Å². The fraction of sp³-hybridized carbons (Fsp3) is 0.100. The Kier molecular flexibility index (Phi) is 5.41. The first-order valence-corrected chi connectivity index (χ1v) is 8.36. The number of aromatic nitrogens is 2. The summed E-state index contributed by atoms with van der Waals surface area (Å²) in [4.78, 5) is 23.5. The Morgan fingerprint density at radius 2 is 1.63 bits per heavy atom. The molecule has 0 bridgehead atoms. The summed E-state index contributed by atoms with van der Waals surface area (Å²) in [5, 5.41) is 16.6. The highest BCUT2D eigenvalue weighted by atomic mass is 16.2. The van der Waals surface area contributed by atoms with Crippen LogP contribution in [0.3, 0.4) is 0 Å². The molecule has 2 aromatic carbocycles. The van der Waals surface area contributed by atoms with Crippen LogP contribution in [-0.4, -0.2) is 22.0 Å². The highest BCUT2D eigenvalue weighted by Gasteiger charge is 2.10. The van der Waals surface area contributed by atoms with Crippen LogP contribution in [0, 0.1) is 6.92 Å². The average Bonchev–Trinajstić information content (AvgIpc) is 2.64. The molecule has 0 aliphatic heterocycles. The number of nitrogens with one attached hydrogen (secondary N) is 3. The summed E-state index contributed by atoms with van der Waals surface area (Å²) in [6.07, 6.45) is 0. The van der Waals surface area contributed by atoms with Crippen LogP contribution in [0.4, 0.5) is 22.9 Å². The molecule has 7 heteroatoms. The van der Waals surface area contributed by atoms with E-state index in [9.17, 15) is 9.59 Å². The number of carbonyl (C=O) groups is 2. The van der Waals surface area contributed by atoms with Gasteiger partial charge in [-0.25, -0.2) is 0 Å². The molecule has 7 nitrogen and oxygen atoms in total. The molecule has 2 amide bonds. The lowest BCUT2D eigenvalue weighted by atomic mass is 10.2. The van der Waals surface area contributed by atoms with Gasteiger partial charge in [0.05, 0.1) is 0 Å². The molecular formula is C20H19N5O2. The highest BCUT2D eigenvalue weighted by molar-refractivity contribution is 6.03. The molecule has 1 aromatic heterocycles. The van der Waals surface area contributed by atoms with E-state index in [1.165, 1.54) is 6.92 Å². The van der Waals surface area contributed by atoms with E-state index in [1.807, 2.05) is 43.3 Å². The Morgan fingerprint density at radius 3 is 2.33 bits per heavy atom. The van der Waals surface area contributed by atoms with E-state index in [0.717, 1.165) is 16.9 Å². The van der Waals surface area contributed by atoms with Gasteiger partial charge in [-0.1, -0.05) is 24.3 Å². The Balaban J connectivity index is 1.67. The van der Waals surface area contributed by atoms with Crippen LogP contribution in [0.1, 0.15) is 23.0 Å². The first-order valence-electron chi connectivity index (χ1n) is 8.36. The van der Waals surface area contributed by atoms with E-state index in [4.69, 9.17) is 0 Å². The number of carbonyl (C=O) groups excluding carboxylic acids is 2. The molecule has 0 radical (unpaired) electrons. The number of benzene rings is 2. The first kappa shape index (κ1) is 18.1. The molecular weight excluding hydrogens is 342 g/mol. The summed E-state index contributed by atoms with van der Waals surface area (Å²) < 4.78 is 0. The third-order valence-corrected chi connectivity index (χ3v) is 3.75. The zero-order valence-corrected chi connectivity index (χ0v) is 15.0. The van der Waals surface area contributed by atoms with Gasteiger partial charge in [-0.05, 0) is 48.9 Å². The molecule has 0 aliphatic rings. The Morgan fingerprint density at radius 1 is 0.852 bits per heavy atom. The normalized spacial score (nSPS) is 10.1. The van der Waals surface area contributed by atoms with Crippen molar-refractivity contribution < 1.29 is 9.59 Å². The van der Waals surface area contributed by atoms with Crippen LogP contribution in [-0.2, 0) is 4.79 Å². The minimum Gasteiger partial charge on any atom is -0.339 e.